The highest BCUT2D eigenvalue weighted by molar-refractivity contribution is 6.30. The summed E-state index contributed by atoms with van der Waals surface area (Å²) in [6.07, 6.45) is 4.99. The van der Waals surface area contributed by atoms with Gasteiger partial charge < -0.3 is 0 Å². The fourth-order valence-electron chi connectivity index (χ4n) is 1.77. The Morgan fingerprint density at radius 3 is 2.61 bits per heavy atom. The molecule has 88 valence electrons. The van der Waals surface area contributed by atoms with Crippen molar-refractivity contribution in [2.75, 3.05) is 0 Å². The van der Waals surface area contributed by atoms with Crippen LogP contribution in [0.1, 0.15) is 0 Å². The van der Waals surface area contributed by atoms with E-state index < -0.39 is 0 Å². The molecular weight excluding hydrogens is 248 g/mol. The first-order chi connectivity index (χ1) is 8.84. The van der Waals surface area contributed by atoms with Gasteiger partial charge in [-0.15, -0.1) is 0 Å². The number of hydrogen-bond donors (Lipinski definition) is 1. The predicted octanol–water partition coefficient (Wildman–Crippen LogP) is 3.19. The van der Waals surface area contributed by atoms with Gasteiger partial charge >= 0.3 is 0 Å². The second kappa shape index (κ2) is 4.58. The number of aromatic amines is 1. The second-order valence-electron chi connectivity index (χ2n) is 3.76. The normalized spacial score (nSPS) is 10.5. The van der Waals surface area contributed by atoms with Crippen molar-refractivity contribution >= 4 is 11.6 Å². The van der Waals surface area contributed by atoms with E-state index in [-0.39, 0.29) is 0 Å². The van der Waals surface area contributed by atoms with Gasteiger partial charge in [0.25, 0.3) is 0 Å². The van der Waals surface area contributed by atoms with E-state index in [4.69, 9.17) is 11.6 Å². The summed E-state index contributed by atoms with van der Waals surface area (Å²) >= 11 is 5.88. The van der Waals surface area contributed by atoms with E-state index >= 15 is 0 Å². The van der Waals surface area contributed by atoms with Gasteiger partial charge in [-0.05, 0) is 18.2 Å². The van der Waals surface area contributed by atoms with Crippen molar-refractivity contribution in [1.29, 1.82) is 0 Å². The molecule has 0 aliphatic carbocycles. The molecule has 0 saturated carbocycles. The Morgan fingerprint density at radius 2 is 1.89 bits per heavy atom. The predicted molar refractivity (Wildman–Crippen MR) is 70.1 cm³/mol. The smallest absolute Gasteiger partial charge is 0.116 e. The van der Waals surface area contributed by atoms with Crippen molar-refractivity contribution in [3.05, 3.63) is 54.1 Å². The molecule has 5 heteroatoms. The summed E-state index contributed by atoms with van der Waals surface area (Å²) in [6.45, 7) is 0. The topological polar surface area (TPSA) is 54.5 Å². The lowest BCUT2D eigenvalue weighted by molar-refractivity contribution is 1.10. The largest absolute Gasteiger partial charge is 0.277 e. The maximum absolute atomic E-state index is 5.88. The van der Waals surface area contributed by atoms with Crippen LogP contribution >= 0.6 is 11.6 Å². The molecule has 1 N–H and O–H groups in total. The summed E-state index contributed by atoms with van der Waals surface area (Å²) in [5, 5.41) is 7.78. The zero-order valence-corrected chi connectivity index (χ0v) is 10.1. The van der Waals surface area contributed by atoms with Crippen LogP contribution < -0.4 is 0 Å². The fraction of sp³-hybridized carbons (Fsp3) is 0. The number of aromatic nitrogens is 4. The maximum Gasteiger partial charge on any atom is 0.116 e. The monoisotopic (exact) mass is 256 g/mol. The van der Waals surface area contributed by atoms with Crippen molar-refractivity contribution in [2.45, 2.75) is 0 Å². The van der Waals surface area contributed by atoms with E-state index in [1.54, 1.807) is 12.4 Å². The van der Waals surface area contributed by atoms with E-state index in [1.807, 2.05) is 30.3 Å². The summed E-state index contributed by atoms with van der Waals surface area (Å²) in [6, 6.07) is 9.44. The summed E-state index contributed by atoms with van der Waals surface area (Å²) in [5.41, 5.74) is 3.72. The van der Waals surface area contributed by atoms with Gasteiger partial charge in [-0.25, -0.2) is 9.97 Å². The van der Waals surface area contributed by atoms with Crippen molar-refractivity contribution < 1.29 is 0 Å². The maximum atomic E-state index is 5.88. The molecule has 0 saturated heterocycles. The van der Waals surface area contributed by atoms with Gasteiger partial charge in [0, 0.05) is 22.3 Å². The van der Waals surface area contributed by atoms with Crippen molar-refractivity contribution in [2.24, 2.45) is 0 Å². The van der Waals surface area contributed by atoms with Gasteiger partial charge in [-0.3, -0.25) is 5.10 Å². The van der Waals surface area contributed by atoms with Gasteiger partial charge in [0.2, 0.25) is 0 Å². The summed E-state index contributed by atoms with van der Waals surface area (Å²) in [7, 11) is 0. The van der Waals surface area contributed by atoms with E-state index in [1.165, 1.54) is 6.33 Å². The Labute approximate surface area is 109 Å². The fourth-order valence-corrected chi connectivity index (χ4v) is 1.89. The quantitative estimate of drug-likeness (QED) is 0.766. The number of nitrogens with one attached hydrogen (secondary N) is 1. The molecule has 0 spiro atoms. The number of benzene rings is 1. The van der Waals surface area contributed by atoms with Gasteiger partial charge in [0.05, 0.1) is 17.6 Å². The summed E-state index contributed by atoms with van der Waals surface area (Å²) < 4.78 is 0. The second-order valence-corrected chi connectivity index (χ2v) is 4.20. The number of rotatable bonds is 2. The first kappa shape index (κ1) is 10.9. The zero-order chi connectivity index (χ0) is 12.4. The minimum Gasteiger partial charge on any atom is -0.277 e. The first-order valence-corrected chi connectivity index (χ1v) is 5.78. The molecule has 18 heavy (non-hydrogen) atoms. The molecule has 3 rings (SSSR count). The molecule has 0 aliphatic heterocycles. The van der Waals surface area contributed by atoms with Crippen LogP contribution in [-0.2, 0) is 0 Å². The highest BCUT2D eigenvalue weighted by Gasteiger charge is 2.10. The van der Waals surface area contributed by atoms with Crippen LogP contribution in [0.25, 0.3) is 22.5 Å². The van der Waals surface area contributed by atoms with Crippen LogP contribution in [0.15, 0.2) is 49.1 Å². The van der Waals surface area contributed by atoms with Crippen LogP contribution in [0.5, 0.6) is 0 Å². The lowest BCUT2D eigenvalue weighted by Crippen LogP contribution is -1.86. The minimum atomic E-state index is 0.710. The SMILES string of the molecule is Clc1ccc(-c2[nH]ncc2-c2ccncn2)cc1. The summed E-state index contributed by atoms with van der Waals surface area (Å²) in [5.74, 6) is 0. The van der Waals surface area contributed by atoms with Crippen molar-refractivity contribution in [3.8, 4) is 22.5 Å². The number of H-pyrrole nitrogens is 1. The van der Waals surface area contributed by atoms with Gasteiger partial charge in [0.1, 0.15) is 6.33 Å². The molecule has 0 aliphatic rings. The van der Waals surface area contributed by atoms with E-state index in [0.717, 1.165) is 22.5 Å². The number of hydrogen-bond acceptors (Lipinski definition) is 3. The standard InChI is InChI=1S/C13H9ClN4/c14-10-3-1-9(2-4-10)13-11(7-17-18-13)12-5-6-15-8-16-12/h1-8H,(H,17,18). The Hall–Kier alpha value is -2.20. The van der Waals surface area contributed by atoms with E-state index in [2.05, 4.69) is 20.2 Å². The molecule has 3 aromatic rings. The van der Waals surface area contributed by atoms with Gasteiger partial charge in [-0.2, -0.15) is 5.10 Å². The Morgan fingerprint density at radius 1 is 1.06 bits per heavy atom. The summed E-state index contributed by atoms with van der Waals surface area (Å²) in [4.78, 5) is 8.14. The molecule has 0 atom stereocenters. The Bertz CT molecular complexity index is 646. The van der Waals surface area contributed by atoms with Crippen LogP contribution in [-0.4, -0.2) is 20.2 Å². The van der Waals surface area contributed by atoms with Crippen LogP contribution in [0.3, 0.4) is 0 Å². The molecule has 1 aromatic carbocycles. The lowest BCUT2D eigenvalue weighted by atomic mass is 10.1. The third-order valence-corrected chi connectivity index (χ3v) is 2.88. The van der Waals surface area contributed by atoms with E-state index in [0.29, 0.717) is 5.02 Å². The third-order valence-electron chi connectivity index (χ3n) is 2.63. The van der Waals surface area contributed by atoms with Crippen LogP contribution in [0.4, 0.5) is 0 Å². The highest BCUT2D eigenvalue weighted by atomic mass is 35.5. The van der Waals surface area contributed by atoms with E-state index in [9.17, 15) is 0 Å². The average molecular weight is 257 g/mol. The Kier molecular flexibility index (Phi) is 2.78. The minimum absolute atomic E-state index is 0.710. The molecule has 2 heterocycles. The van der Waals surface area contributed by atoms with Crippen LogP contribution in [0.2, 0.25) is 5.02 Å². The molecule has 2 aromatic heterocycles. The molecule has 0 radical (unpaired) electrons. The highest BCUT2D eigenvalue weighted by Crippen LogP contribution is 2.29. The van der Waals surface area contributed by atoms with Crippen molar-refractivity contribution in [1.82, 2.24) is 20.2 Å². The zero-order valence-electron chi connectivity index (χ0n) is 9.34. The molecule has 0 amide bonds. The molecule has 0 fully saturated rings. The molecule has 4 nitrogen and oxygen atoms in total. The first-order valence-electron chi connectivity index (χ1n) is 5.40. The number of halogens is 1. The van der Waals surface area contributed by atoms with Crippen molar-refractivity contribution in [3.63, 3.8) is 0 Å². The third kappa shape index (κ3) is 1.98. The van der Waals surface area contributed by atoms with Gasteiger partial charge in [-0.1, -0.05) is 23.7 Å². The van der Waals surface area contributed by atoms with Gasteiger partial charge in [0.15, 0.2) is 0 Å². The molecular formula is C13H9ClN4. The van der Waals surface area contributed by atoms with Crippen LogP contribution in [0, 0.1) is 0 Å². The molecule has 0 unspecified atom stereocenters. The Balaban J connectivity index is 2.10. The lowest BCUT2D eigenvalue weighted by Gasteiger charge is -2.02. The number of nitrogens with zero attached hydrogens (tertiary/aromatic N) is 3. The average Bonchev–Trinajstić information content (AvgIpc) is 2.90. The molecule has 0 bridgehead atoms.